The normalized spacial score (nSPS) is 18.1. The second-order valence-electron chi connectivity index (χ2n) is 12.2. The molecule has 2 aromatic rings. The van der Waals surface area contributed by atoms with Crippen LogP contribution in [0, 0.1) is 17.8 Å². The standard InChI is InChI=1S/C33H49N5O4S/c1-8-31(33(40)35-21-23(2)3)34-22-29(18-25-12-10-9-11-13-25)36-32(39)28-17-26(14-15-27-16-24(27)4)19-30(20-28)38(7)43(41,42)37(5)6/h9-15,17,19-20,23-24,27,29,31,34H,8,16,18,21-22H2,1-7H3,(H,35,40)(H,36,39)/t24-,27-,29-,31-/m0/s1. The molecule has 4 atom stereocenters. The van der Waals surface area contributed by atoms with Gasteiger partial charge >= 0.3 is 10.2 Å². The smallest absolute Gasteiger partial charge is 0.303 e. The average molecular weight is 612 g/mol. The zero-order chi connectivity index (χ0) is 31.7. The van der Waals surface area contributed by atoms with Crippen LogP contribution < -0.4 is 20.3 Å². The van der Waals surface area contributed by atoms with Crippen LogP contribution in [0.4, 0.5) is 5.69 Å². The molecule has 10 heteroatoms. The summed E-state index contributed by atoms with van der Waals surface area (Å²) in [7, 11) is 0.685. The molecular weight excluding hydrogens is 562 g/mol. The molecule has 2 aromatic carbocycles. The van der Waals surface area contributed by atoms with Crippen molar-refractivity contribution in [2.24, 2.45) is 17.8 Å². The summed E-state index contributed by atoms with van der Waals surface area (Å²) in [4.78, 5) is 26.5. The summed E-state index contributed by atoms with van der Waals surface area (Å²) in [5, 5.41) is 9.50. The minimum absolute atomic E-state index is 0.0553. The van der Waals surface area contributed by atoms with Crippen LogP contribution in [0.1, 0.15) is 62.0 Å². The molecule has 0 bridgehead atoms. The van der Waals surface area contributed by atoms with Crippen LogP contribution in [0.3, 0.4) is 0 Å². The summed E-state index contributed by atoms with van der Waals surface area (Å²) in [6.45, 7) is 9.24. The molecule has 9 nitrogen and oxygen atoms in total. The summed E-state index contributed by atoms with van der Waals surface area (Å²) in [5.41, 5.74) is 2.57. The maximum Gasteiger partial charge on any atom is 0.303 e. The van der Waals surface area contributed by atoms with Crippen molar-refractivity contribution in [3.05, 3.63) is 71.3 Å². The summed E-state index contributed by atoms with van der Waals surface area (Å²) in [6.07, 6.45) is 6.39. The molecule has 0 saturated heterocycles. The largest absolute Gasteiger partial charge is 0.354 e. The van der Waals surface area contributed by atoms with Gasteiger partial charge in [-0.1, -0.05) is 70.2 Å². The minimum atomic E-state index is -3.76. The summed E-state index contributed by atoms with van der Waals surface area (Å²) in [5.74, 6) is 1.10. The van der Waals surface area contributed by atoms with Gasteiger partial charge in [-0.2, -0.15) is 12.7 Å². The van der Waals surface area contributed by atoms with Gasteiger partial charge in [-0.15, -0.1) is 0 Å². The van der Waals surface area contributed by atoms with Gasteiger partial charge in [-0.05, 0) is 66.3 Å². The summed E-state index contributed by atoms with van der Waals surface area (Å²) >= 11 is 0. The van der Waals surface area contributed by atoms with Crippen LogP contribution in [-0.2, 0) is 21.4 Å². The van der Waals surface area contributed by atoms with Crippen LogP contribution >= 0.6 is 0 Å². The third kappa shape index (κ3) is 10.2. The lowest BCUT2D eigenvalue weighted by Gasteiger charge is -2.25. The lowest BCUT2D eigenvalue weighted by Crippen LogP contribution is -2.50. The number of carbonyl (C=O) groups is 2. The quantitative estimate of drug-likeness (QED) is 0.265. The number of amides is 2. The zero-order valence-electron chi connectivity index (χ0n) is 26.6. The van der Waals surface area contributed by atoms with Crippen molar-refractivity contribution in [3.63, 3.8) is 0 Å². The Morgan fingerprint density at radius 1 is 1.05 bits per heavy atom. The Morgan fingerprint density at radius 3 is 2.30 bits per heavy atom. The van der Waals surface area contributed by atoms with Crippen LogP contribution in [0.2, 0.25) is 0 Å². The van der Waals surface area contributed by atoms with Gasteiger partial charge in [-0.25, -0.2) is 0 Å². The monoisotopic (exact) mass is 611 g/mol. The fourth-order valence-electron chi connectivity index (χ4n) is 4.75. The molecule has 2 amide bonds. The number of nitrogens with one attached hydrogen (secondary N) is 3. The van der Waals surface area contributed by atoms with E-state index in [1.165, 1.54) is 25.4 Å². The number of rotatable bonds is 16. The number of carbonyl (C=O) groups excluding carboxylic acids is 2. The van der Waals surface area contributed by atoms with Crippen LogP contribution in [-0.4, -0.2) is 70.9 Å². The first kappa shape index (κ1) is 34.3. The molecule has 3 N–H and O–H groups in total. The maximum atomic E-state index is 13.8. The predicted octanol–water partition coefficient (Wildman–Crippen LogP) is 4.08. The molecule has 0 aromatic heterocycles. The van der Waals surface area contributed by atoms with Crippen LogP contribution in [0.15, 0.2) is 54.6 Å². The Kier molecular flexibility index (Phi) is 12.4. The molecular formula is C33H49N5O4S. The topological polar surface area (TPSA) is 111 Å². The number of hydrogen-bond acceptors (Lipinski definition) is 5. The van der Waals surface area contributed by atoms with Crippen molar-refractivity contribution >= 4 is 33.8 Å². The third-order valence-electron chi connectivity index (χ3n) is 7.76. The number of nitrogens with zero attached hydrogens (tertiary/aromatic N) is 2. The van der Waals surface area contributed by atoms with E-state index in [0.717, 1.165) is 21.9 Å². The average Bonchev–Trinajstić information content (AvgIpc) is 3.69. The maximum absolute atomic E-state index is 13.8. The molecule has 0 spiro atoms. The molecule has 0 unspecified atom stereocenters. The second kappa shape index (κ2) is 15.5. The Labute approximate surface area is 258 Å². The van der Waals surface area contributed by atoms with Crippen LogP contribution in [0.25, 0.3) is 6.08 Å². The van der Waals surface area contributed by atoms with Crippen molar-refractivity contribution in [3.8, 4) is 0 Å². The Balaban J connectivity index is 1.87. The zero-order valence-corrected chi connectivity index (χ0v) is 27.4. The highest BCUT2D eigenvalue weighted by Crippen LogP contribution is 2.39. The van der Waals surface area contributed by atoms with Gasteiger partial charge in [-0.3, -0.25) is 13.9 Å². The molecule has 1 fully saturated rings. The first-order valence-corrected chi connectivity index (χ1v) is 16.6. The summed E-state index contributed by atoms with van der Waals surface area (Å²) in [6, 6.07) is 14.4. The lowest BCUT2D eigenvalue weighted by atomic mass is 10.0. The van der Waals surface area contributed by atoms with Crippen molar-refractivity contribution in [2.45, 2.75) is 59.0 Å². The lowest BCUT2D eigenvalue weighted by molar-refractivity contribution is -0.123. The van der Waals surface area contributed by atoms with Crippen LogP contribution in [0.5, 0.6) is 0 Å². The molecule has 1 aliphatic rings. The predicted molar refractivity (Wildman–Crippen MR) is 175 cm³/mol. The van der Waals surface area contributed by atoms with E-state index in [1.807, 2.05) is 43.3 Å². The van der Waals surface area contributed by atoms with Gasteiger partial charge in [0.1, 0.15) is 0 Å². The first-order valence-electron chi connectivity index (χ1n) is 15.2. The van der Waals surface area contributed by atoms with E-state index in [4.69, 9.17) is 0 Å². The molecule has 3 rings (SSSR count). The summed E-state index contributed by atoms with van der Waals surface area (Å²) < 4.78 is 28.2. The first-order chi connectivity index (χ1) is 20.3. The number of hydrogen-bond donors (Lipinski definition) is 3. The van der Waals surface area contributed by atoms with E-state index >= 15 is 0 Å². The van der Waals surface area contributed by atoms with E-state index in [-0.39, 0.29) is 23.9 Å². The van der Waals surface area contributed by atoms with E-state index in [2.05, 4.69) is 42.8 Å². The van der Waals surface area contributed by atoms with E-state index in [9.17, 15) is 18.0 Å². The number of allylic oxidation sites excluding steroid dienone is 1. The Morgan fingerprint density at radius 2 is 1.72 bits per heavy atom. The SMILES string of the molecule is CC[C@H](NC[C@H](Cc1ccccc1)NC(=O)c1cc(C=C[C@H]2C[C@@H]2C)cc(N(C)S(=O)(=O)N(C)C)c1)C(=O)NCC(C)C. The molecule has 236 valence electrons. The highest BCUT2D eigenvalue weighted by molar-refractivity contribution is 7.90. The van der Waals surface area contributed by atoms with Crippen molar-refractivity contribution < 1.29 is 18.0 Å². The second-order valence-corrected chi connectivity index (χ2v) is 14.3. The van der Waals surface area contributed by atoms with Gasteiger partial charge in [0.2, 0.25) is 5.91 Å². The van der Waals surface area contributed by atoms with Crippen molar-refractivity contribution in [1.82, 2.24) is 20.3 Å². The highest BCUT2D eigenvalue weighted by Gasteiger charge is 2.29. The Bertz CT molecular complexity index is 1360. The fourth-order valence-corrected chi connectivity index (χ4v) is 5.61. The molecule has 1 aliphatic carbocycles. The fraction of sp³-hybridized carbons (Fsp3) is 0.515. The third-order valence-corrected chi connectivity index (χ3v) is 9.59. The van der Waals surface area contributed by atoms with Gasteiger partial charge in [0, 0.05) is 45.8 Å². The number of anilines is 1. The molecule has 0 radical (unpaired) electrons. The van der Waals surface area contributed by atoms with Crippen molar-refractivity contribution in [1.29, 1.82) is 0 Å². The van der Waals surface area contributed by atoms with E-state index < -0.39 is 10.2 Å². The number of benzene rings is 2. The molecule has 0 aliphatic heterocycles. The van der Waals surface area contributed by atoms with Gasteiger partial charge in [0.15, 0.2) is 0 Å². The van der Waals surface area contributed by atoms with Gasteiger partial charge in [0.25, 0.3) is 5.91 Å². The van der Waals surface area contributed by atoms with E-state index in [0.29, 0.717) is 54.9 Å². The van der Waals surface area contributed by atoms with E-state index in [1.54, 1.807) is 18.2 Å². The van der Waals surface area contributed by atoms with Gasteiger partial charge in [0.05, 0.1) is 11.7 Å². The molecule has 0 heterocycles. The highest BCUT2D eigenvalue weighted by atomic mass is 32.2. The Hall–Kier alpha value is -3.21. The van der Waals surface area contributed by atoms with Gasteiger partial charge < -0.3 is 16.0 Å². The van der Waals surface area contributed by atoms with Crippen molar-refractivity contribution in [2.75, 3.05) is 38.5 Å². The molecule has 43 heavy (non-hydrogen) atoms. The minimum Gasteiger partial charge on any atom is -0.354 e. The molecule has 1 saturated carbocycles.